The van der Waals surface area contributed by atoms with Gasteiger partial charge in [-0.1, -0.05) is 42.3 Å². The Morgan fingerprint density at radius 1 is 1.23 bits per heavy atom. The van der Waals surface area contributed by atoms with Crippen molar-refractivity contribution in [2.75, 3.05) is 33.2 Å². The van der Waals surface area contributed by atoms with E-state index in [-0.39, 0.29) is 30.2 Å². The van der Waals surface area contributed by atoms with Gasteiger partial charge in [0.25, 0.3) is 0 Å². The van der Waals surface area contributed by atoms with Crippen LogP contribution in [0.2, 0.25) is 5.02 Å². The Balaban J connectivity index is 1.80. The lowest BCUT2D eigenvalue weighted by molar-refractivity contribution is -0.187. The average molecular weight is 691 g/mol. The Kier molecular flexibility index (Phi) is 11.3. The van der Waals surface area contributed by atoms with Gasteiger partial charge in [0.05, 0.1) is 31.7 Å². The second kappa shape index (κ2) is 14.6. The quantitative estimate of drug-likeness (QED) is 0.358. The minimum Gasteiger partial charge on any atom is -0.495 e. The number of carbonyl (C=O) groups is 4. The van der Waals surface area contributed by atoms with E-state index in [2.05, 4.69) is 0 Å². The van der Waals surface area contributed by atoms with Crippen LogP contribution in [0.4, 0.5) is 5.69 Å². The summed E-state index contributed by atoms with van der Waals surface area (Å²) in [7, 11) is 6.02. The van der Waals surface area contributed by atoms with Crippen LogP contribution in [-0.4, -0.2) is 104 Å². The normalized spacial score (nSPS) is 33.4. The molecule has 0 radical (unpaired) electrons. The van der Waals surface area contributed by atoms with Crippen LogP contribution in [0.25, 0.3) is 0 Å². The van der Waals surface area contributed by atoms with Gasteiger partial charge in [0.15, 0.2) is 0 Å². The predicted molar refractivity (Wildman–Crippen MR) is 178 cm³/mol. The third-order valence-corrected chi connectivity index (χ3v) is 10.3. The summed E-state index contributed by atoms with van der Waals surface area (Å²) in [5, 5.41) is 12.0. The molecule has 8 atom stereocenters. The van der Waals surface area contributed by atoms with Gasteiger partial charge in [-0.2, -0.15) is 0 Å². The molecule has 0 unspecified atom stereocenters. The number of carbonyl (C=O) groups excluding carboxylic acids is 4. The van der Waals surface area contributed by atoms with Crippen LogP contribution in [0.15, 0.2) is 35.9 Å². The lowest BCUT2D eigenvalue weighted by Gasteiger charge is -2.41. The van der Waals surface area contributed by atoms with Gasteiger partial charge in [-0.25, -0.2) is 4.79 Å². The number of nitrogens with zero attached hydrogens (tertiary/aromatic N) is 2. The minimum atomic E-state index is -1.56. The molecular formula is C35H47ClN2O10. The molecule has 2 saturated heterocycles. The van der Waals surface area contributed by atoms with Gasteiger partial charge < -0.3 is 38.6 Å². The van der Waals surface area contributed by atoms with Crippen molar-refractivity contribution in [2.45, 2.75) is 102 Å². The molecule has 3 heterocycles. The molecule has 4 bridgehead atoms. The van der Waals surface area contributed by atoms with E-state index in [4.69, 9.17) is 35.3 Å². The summed E-state index contributed by atoms with van der Waals surface area (Å²) in [6.07, 6.45) is 2.07. The second-order valence-electron chi connectivity index (χ2n) is 13.3. The number of amides is 2. The molecule has 2 amide bonds. The van der Waals surface area contributed by atoms with Gasteiger partial charge in [-0.15, -0.1) is 0 Å². The Hall–Kier alpha value is -3.45. The number of hydrogen-bond donors (Lipinski definition) is 1. The monoisotopic (exact) mass is 690 g/mol. The average Bonchev–Trinajstić information content (AvgIpc) is 3.73. The topological polar surface area (TPSA) is 144 Å². The van der Waals surface area contributed by atoms with Gasteiger partial charge in [0.2, 0.25) is 11.8 Å². The smallest absolute Gasteiger partial charge is 0.328 e. The molecule has 1 N–H and O–H groups in total. The van der Waals surface area contributed by atoms with E-state index in [0.29, 0.717) is 17.9 Å². The zero-order chi connectivity index (χ0) is 35.7. The van der Waals surface area contributed by atoms with Gasteiger partial charge >= 0.3 is 11.9 Å². The minimum absolute atomic E-state index is 0.0675. The first-order chi connectivity index (χ1) is 22.4. The number of halogens is 1. The maximum atomic E-state index is 14.0. The molecule has 4 rings (SSSR count). The van der Waals surface area contributed by atoms with Crippen molar-refractivity contribution in [2.24, 2.45) is 5.92 Å². The van der Waals surface area contributed by atoms with Crippen molar-refractivity contribution in [3.05, 3.63) is 46.5 Å². The molecule has 3 aliphatic heterocycles. The maximum absolute atomic E-state index is 14.0. The van der Waals surface area contributed by atoms with Crippen LogP contribution in [0.3, 0.4) is 0 Å². The Morgan fingerprint density at radius 3 is 2.54 bits per heavy atom. The fourth-order valence-corrected chi connectivity index (χ4v) is 6.84. The number of ether oxygens (including phenoxy) is 5. The van der Waals surface area contributed by atoms with Crippen molar-refractivity contribution in [3.63, 3.8) is 0 Å². The van der Waals surface area contributed by atoms with Crippen molar-refractivity contribution in [1.82, 2.24) is 4.90 Å². The molecule has 1 aromatic carbocycles. The van der Waals surface area contributed by atoms with Crippen LogP contribution in [-0.2, 0) is 44.5 Å². The highest BCUT2D eigenvalue weighted by Gasteiger charge is 2.64. The lowest BCUT2D eigenvalue weighted by Crippen LogP contribution is -2.53. The molecule has 2 fully saturated rings. The molecule has 13 heteroatoms. The number of hydrogen-bond acceptors (Lipinski definition) is 10. The van der Waals surface area contributed by atoms with Crippen LogP contribution in [0, 0.1) is 5.92 Å². The van der Waals surface area contributed by atoms with Crippen molar-refractivity contribution in [3.8, 4) is 5.75 Å². The van der Waals surface area contributed by atoms with Crippen LogP contribution >= 0.6 is 11.6 Å². The predicted octanol–water partition coefficient (Wildman–Crippen LogP) is 3.78. The number of anilines is 1. The standard InChI is InChI=1S/C35H47ClN2O10/c1-19-11-10-12-27(45-9)35(43)17-26(46-30(41)18-35)20(2)32-34(5,48-32)28(47-33(42)21(3)37(6)22(4)39)16-29(40)38(7)24-14-23(13-19)15-25(44-8)31(24)36/h10-12,14-15,20-21,26-28,32,43H,13,16-18H2,1-9H3/b12-10+,19-11+/t20-,21+,26+,27-,28+,32+,34+,35-/m1/s1. The number of epoxide rings is 1. The molecule has 12 nitrogen and oxygen atoms in total. The van der Waals surface area contributed by atoms with E-state index >= 15 is 0 Å². The van der Waals surface area contributed by atoms with Gasteiger partial charge in [0.1, 0.15) is 46.3 Å². The molecule has 1 aromatic rings. The molecule has 3 aliphatic rings. The summed E-state index contributed by atoms with van der Waals surface area (Å²) < 4.78 is 29.1. The number of fused-ring (bicyclic) bond motifs is 5. The molecule has 0 spiro atoms. The van der Waals surface area contributed by atoms with E-state index in [1.807, 2.05) is 19.9 Å². The summed E-state index contributed by atoms with van der Waals surface area (Å²) in [6, 6.07) is 2.66. The number of likely N-dealkylation sites (N-methyl/N-ethyl adjacent to an activating group) is 1. The number of esters is 2. The van der Waals surface area contributed by atoms with E-state index < -0.39 is 65.4 Å². The largest absolute Gasteiger partial charge is 0.495 e. The summed E-state index contributed by atoms with van der Waals surface area (Å²) >= 11 is 6.72. The molecule has 264 valence electrons. The fraction of sp³-hybridized carbons (Fsp3) is 0.600. The van der Waals surface area contributed by atoms with Crippen LogP contribution < -0.4 is 9.64 Å². The fourth-order valence-electron chi connectivity index (χ4n) is 6.53. The van der Waals surface area contributed by atoms with E-state index in [0.717, 1.165) is 11.1 Å². The highest BCUT2D eigenvalue weighted by molar-refractivity contribution is 6.35. The number of aliphatic hydroxyl groups is 1. The highest BCUT2D eigenvalue weighted by atomic mass is 35.5. The van der Waals surface area contributed by atoms with Crippen molar-refractivity contribution in [1.29, 1.82) is 0 Å². The summed E-state index contributed by atoms with van der Waals surface area (Å²) in [4.78, 5) is 54.9. The third-order valence-electron chi connectivity index (χ3n) is 9.89. The van der Waals surface area contributed by atoms with Gasteiger partial charge in [0, 0.05) is 40.5 Å². The SMILES string of the molecule is COc1cc2cc(c1Cl)N(C)C(=O)C[C@H](OC(=O)[C@H](C)N(C)C(C)=O)[C@]1(C)O[C@H]1[C@H](C)[C@@H]1C[C@@](O)(CC(=O)O1)[C@H](OC)/C=C/C=C(\C)C2. The molecule has 0 aliphatic carbocycles. The second-order valence-corrected chi connectivity index (χ2v) is 13.7. The van der Waals surface area contributed by atoms with Crippen LogP contribution in [0.5, 0.6) is 5.75 Å². The summed E-state index contributed by atoms with van der Waals surface area (Å²) in [5.74, 6) is -2.14. The van der Waals surface area contributed by atoms with E-state index in [1.54, 1.807) is 38.3 Å². The maximum Gasteiger partial charge on any atom is 0.328 e. The number of methoxy groups -OCH3 is 2. The van der Waals surface area contributed by atoms with E-state index in [9.17, 15) is 24.3 Å². The van der Waals surface area contributed by atoms with Crippen molar-refractivity contribution < 1.29 is 48.0 Å². The molecular weight excluding hydrogens is 644 g/mol. The van der Waals surface area contributed by atoms with Crippen LogP contribution in [0.1, 0.15) is 59.4 Å². The van der Waals surface area contributed by atoms with E-state index in [1.165, 1.54) is 44.9 Å². The Morgan fingerprint density at radius 2 is 1.92 bits per heavy atom. The summed E-state index contributed by atoms with van der Waals surface area (Å²) in [5.41, 5.74) is -0.560. The summed E-state index contributed by atoms with van der Waals surface area (Å²) in [6.45, 7) is 8.36. The molecule has 48 heavy (non-hydrogen) atoms. The number of allylic oxidation sites excluding steroid dienone is 3. The molecule has 0 saturated carbocycles. The molecule has 0 aromatic heterocycles. The third kappa shape index (κ3) is 7.72. The number of benzene rings is 1. The van der Waals surface area contributed by atoms with Gasteiger partial charge in [-0.05, 0) is 44.9 Å². The van der Waals surface area contributed by atoms with Crippen molar-refractivity contribution >= 4 is 41.0 Å². The Labute approximate surface area is 286 Å². The first-order valence-electron chi connectivity index (χ1n) is 16.0. The zero-order valence-corrected chi connectivity index (χ0v) is 29.8. The first-order valence-corrected chi connectivity index (χ1v) is 16.4. The lowest BCUT2D eigenvalue weighted by atomic mass is 9.78. The number of rotatable bonds is 5. The Bertz CT molecular complexity index is 1500. The van der Waals surface area contributed by atoms with Gasteiger partial charge in [-0.3, -0.25) is 14.4 Å². The first kappa shape index (κ1) is 37.4. The highest BCUT2D eigenvalue weighted by Crippen LogP contribution is 2.49. The zero-order valence-electron chi connectivity index (χ0n) is 29.1.